The van der Waals surface area contributed by atoms with E-state index in [1.54, 1.807) is 0 Å². The predicted molar refractivity (Wildman–Crippen MR) is 80.1 cm³/mol. The molecule has 124 valence electrons. The zero-order valence-corrected chi connectivity index (χ0v) is 13.6. The van der Waals surface area contributed by atoms with Crippen molar-refractivity contribution in [1.29, 1.82) is 0 Å². The number of ether oxygens (including phenoxy) is 1. The maximum absolute atomic E-state index is 14.5. The minimum absolute atomic E-state index is 0.115. The van der Waals surface area contributed by atoms with Gasteiger partial charge in [0.15, 0.2) is 6.61 Å². The Balaban J connectivity index is 2.25. The van der Waals surface area contributed by atoms with Gasteiger partial charge < -0.3 is 4.74 Å². The molecule has 23 heavy (non-hydrogen) atoms. The number of halogens is 7. The lowest BCUT2D eigenvalue weighted by molar-refractivity contribution is -0.153. The van der Waals surface area contributed by atoms with Gasteiger partial charge in [0, 0.05) is 15.6 Å². The van der Waals surface area contributed by atoms with Crippen molar-refractivity contribution < 1.29 is 26.7 Å². The minimum atomic E-state index is -4.49. The first-order chi connectivity index (χ1) is 10.6. The van der Waals surface area contributed by atoms with Gasteiger partial charge in [-0.1, -0.05) is 27.5 Å². The van der Waals surface area contributed by atoms with E-state index < -0.39 is 29.8 Å². The Labute approximate surface area is 142 Å². The van der Waals surface area contributed by atoms with Crippen LogP contribution in [0.3, 0.4) is 0 Å². The molecular formula is C15H9BrClF5O. The van der Waals surface area contributed by atoms with E-state index in [9.17, 15) is 22.0 Å². The SMILES string of the molecule is FC(F)(F)COc1ccc(C(F)(F)c2cc(Br)ccc2Cl)cc1. The monoisotopic (exact) mass is 414 g/mol. The Morgan fingerprint density at radius 2 is 1.57 bits per heavy atom. The normalized spacial score (nSPS) is 12.3. The summed E-state index contributed by atoms with van der Waals surface area (Å²) in [7, 11) is 0. The standard InChI is InChI=1S/C15H9BrClF5O/c16-10-3-6-13(17)12(7-10)15(21,22)9-1-4-11(5-2-9)23-8-14(18,19)20/h1-7H,8H2. The average molecular weight is 416 g/mol. The molecule has 0 unspecified atom stereocenters. The fourth-order valence-electron chi connectivity index (χ4n) is 1.82. The van der Waals surface area contributed by atoms with Crippen LogP contribution in [0.5, 0.6) is 5.75 Å². The lowest BCUT2D eigenvalue weighted by Gasteiger charge is -2.19. The number of rotatable bonds is 4. The van der Waals surface area contributed by atoms with Gasteiger partial charge in [-0.3, -0.25) is 0 Å². The molecule has 0 aliphatic heterocycles. The number of hydrogen-bond acceptors (Lipinski definition) is 1. The molecular weight excluding hydrogens is 407 g/mol. The average Bonchev–Trinajstić information content (AvgIpc) is 2.47. The summed E-state index contributed by atoms with van der Waals surface area (Å²) < 4.78 is 70.1. The van der Waals surface area contributed by atoms with E-state index in [-0.39, 0.29) is 10.8 Å². The van der Waals surface area contributed by atoms with E-state index in [2.05, 4.69) is 20.7 Å². The molecule has 0 heterocycles. The van der Waals surface area contributed by atoms with Gasteiger partial charge in [0.1, 0.15) is 5.75 Å². The van der Waals surface area contributed by atoms with Crippen LogP contribution in [0.1, 0.15) is 11.1 Å². The Hall–Kier alpha value is -1.34. The molecule has 0 bridgehead atoms. The molecule has 0 N–H and O–H groups in total. The van der Waals surface area contributed by atoms with Crippen molar-refractivity contribution in [3.05, 3.63) is 63.1 Å². The van der Waals surface area contributed by atoms with Crippen LogP contribution in [0.4, 0.5) is 22.0 Å². The Kier molecular flexibility index (Phi) is 5.20. The van der Waals surface area contributed by atoms with Crippen LogP contribution in [0.25, 0.3) is 0 Å². The van der Waals surface area contributed by atoms with Crippen molar-refractivity contribution in [2.75, 3.05) is 6.61 Å². The Bertz CT molecular complexity index is 685. The van der Waals surface area contributed by atoms with Gasteiger partial charge in [0.25, 0.3) is 5.92 Å². The molecule has 0 aliphatic carbocycles. The van der Waals surface area contributed by atoms with Gasteiger partial charge >= 0.3 is 6.18 Å². The number of alkyl halides is 5. The third-order valence-corrected chi connectivity index (χ3v) is 3.71. The lowest BCUT2D eigenvalue weighted by atomic mass is 10.0. The first-order valence-corrected chi connectivity index (χ1v) is 7.40. The summed E-state index contributed by atoms with van der Waals surface area (Å²) in [4.78, 5) is 0. The minimum Gasteiger partial charge on any atom is -0.484 e. The van der Waals surface area contributed by atoms with Gasteiger partial charge in [-0.2, -0.15) is 22.0 Å². The molecule has 0 aliphatic rings. The van der Waals surface area contributed by atoms with E-state index in [0.717, 1.165) is 24.3 Å². The first-order valence-electron chi connectivity index (χ1n) is 6.23. The second kappa shape index (κ2) is 6.65. The molecule has 2 aromatic rings. The third-order valence-electron chi connectivity index (χ3n) is 2.89. The summed E-state index contributed by atoms with van der Waals surface area (Å²) in [5, 5.41) is -0.115. The topological polar surface area (TPSA) is 9.23 Å². The summed E-state index contributed by atoms with van der Waals surface area (Å²) in [6.45, 7) is -1.49. The molecule has 0 spiro atoms. The number of hydrogen-bond donors (Lipinski definition) is 0. The van der Waals surface area contributed by atoms with Crippen molar-refractivity contribution in [3.63, 3.8) is 0 Å². The molecule has 2 aromatic carbocycles. The fourth-order valence-corrected chi connectivity index (χ4v) is 2.42. The molecule has 0 saturated carbocycles. The van der Waals surface area contributed by atoms with Crippen LogP contribution in [0.15, 0.2) is 46.9 Å². The molecule has 1 nitrogen and oxygen atoms in total. The summed E-state index contributed by atoms with van der Waals surface area (Å²) in [5.41, 5.74) is -0.811. The predicted octanol–water partition coefficient (Wildman–Crippen LogP) is 6.18. The van der Waals surface area contributed by atoms with E-state index in [4.69, 9.17) is 11.6 Å². The Morgan fingerprint density at radius 3 is 2.13 bits per heavy atom. The van der Waals surface area contributed by atoms with Crippen LogP contribution in [-0.4, -0.2) is 12.8 Å². The van der Waals surface area contributed by atoms with Gasteiger partial charge in [0.05, 0.1) is 5.02 Å². The van der Waals surface area contributed by atoms with Crippen LogP contribution in [-0.2, 0) is 5.92 Å². The first kappa shape index (κ1) is 18.0. The van der Waals surface area contributed by atoms with Gasteiger partial charge in [-0.25, -0.2) is 0 Å². The van der Waals surface area contributed by atoms with E-state index in [0.29, 0.717) is 4.47 Å². The molecule has 0 atom stereocenters. The molecule has 0 saturated heterocycles. The second-order valence-corrected chi connectivity index (χ2v) is 5.95. The quantitative estimate of drug-likeness (QED) is 0.542. The van der Waals surface area contributed by atoms with E-state index in [1.807, 2.05) is 0 Å². The zero-order valence-electron chi connectivity index (χ0n) is 11.3. The number of benzene rings is 2. The summed E-state index contributed by atoms with van der Waals surface area (Å²) in [6, 6.07) is 8.16. The smallest absolute Gasteiger partial charge is 0.422 e. The molecule has 8 heteroatoms. The van der Waals surface area contributed by atoms with Crippen molar-refractivity contribution in [1.82, 2.24) is 0 Å². The van der Waals surface area contributed by atoms with Gasteiger partial charge in [-0.15, -0.1) is 0 Å². The maximum atomic E-state index is 14.5. The second-order valence-electron chi connectivity index (χ2n) is 4.63. The third kappa shape index (κ3) is 4.57. The van der Waals surface area contributed by atoms with E-state index in [1.165, 1.54) is 18.2 Å². The largest absolute Gasteiger partial charge is 0.484 e. The van der Waals surface area contributed by atoms with Crippen molar-refractivity contribution in [2.24, 2.45) is 0 Å². The van der Waals surface area contributed by atoms with Crippen LogP contribution in [0, 0.1) is 0 Å². The van der Waals surface area contributed by atoms with Crippen LogP contribution >= 0.6 is 27.5 Å². The fraction of sp³-hybridized carbons (Fsp3) is 0.200. The maximum Gasteiger partial charge on any atom is 0.422 e. The molecule has 0 aromatic heterocycles. The summed E-state index contributed by atoms with van der Waals surface area (Å²) >= 11 is 8.90. The van der Waals surface area contributed by atoms with Crippen molar-refractivity contribution in [3.8, 4) is 5.75 Å². The van der Waals surface area contributed by atoms with E-state index >= 15 is 0 Å². The lowest BCUT2D eigenvalue weighted by Crippen LogP contribution is -2.19. The molecule has 0 amide bonds. The van der Waals surface area contributed by atoms with Crippen molar-refractivity contribution >= 4 is 27.5 Å². The Morgan fingerprint density at radius 1 is 0.957 bits per heavy atom. The molecule has 0 fully saturated rings. The summed E-state index contributed by atoms with van der Waals surface area (Å²) in [5.74, 6) is -3.55. The molecule has 0 radical (unpaired) electrons. The van der Waals surface area contributed by atoms with Gasteiger partial charge in [-0.05, 0) is 42.5 Å². The van der Waals surface area contributed by atoms with Crippen LogP contribution < -0.4 is 4.74 Å². The summed E-state index contributed by atoms with van der Waals surface area (Å²) in [6.07, 6.45) is -4.49. The highest BCUT2D eigenvalue weighted by atomic mass is 79.9. The highest BCUT2D eigenvalue weighted by Gasteiger charge is 2.36. The van der Waals surface area contributed by atoms with Gasteiger partial charge in [0.2, 0.25) is 0 Å². The molecule has 2 rings (SSSR count). The van der Waals surface area contributed by atoms with Crippen molar-refractivity contribution in [2.45, 2.75) is 12.1 Å². The highest BCUT2D eigenvalue weighted by molar-refractivity contribution is 9.10. The highest BCUT2D eigenvalue weighted by Crippen LogP contribution is 2.40. The zero-order chi connectivity index (χ0) is 17.3. The van der Waals surface area contributed by atoms with Crippen LogP contribution in [0.2, 0.25) is 5.02 Å².